The number of hydrogen-bond acceptors (Lipinski definition) is 4. The van der Waals surface area contributed by atoms with E-state index in [1.165, 1.54) is 31.3 Å². The van der Waals surface area contributed by atoms with Gasteiger partial charge in [0.1, 0.15) is 0 Å². The Morgan fingerprint density at radius 3 is 2.66 bits per heavy atom. The molecule has 0 spiro atoms. The first-order valence-electron chi connectivity index (χ1n) is 11.4. The fourth-order valence-electron chi connectivity index (χ4n) is 6.23. The molecule has 29 heavy (non-hydrogen) atoms. The third-order valence-corrected chi connectivity index (χ3v) is 7.57. The van der Waals surface area contributed by atoms with Crippen LogP contribution in [-0.4, -0.2) is 35.0 Å². The SMILES string of the molecule is CCOC(=O)C=C[C@@H](C)[C@H]1CC[C@H]2C(=CC=C3C[C@@H](O)C[C@H](O)C3)CCC[C@]12C. The fourth-order valence-corrected chi connectivity index (χ4v) is 6.23. The largest absolute Gasteiger partial charge is 0.463 e. The molecule has 4 heteroatoms. The van der Waals surface area contributed by atoms with Crippen molar-refractivity contribution in [3.63, 3.8) is 0 Å². The van der Waals surface area contributed by atoms with E-state index in [2.05, 4.69) is 26.0 Å². The van der Waals surface area contributed by atoms with Crippen LogP contribution in [-0.2, 0) is 9.53 Å². The van der Waals surface area contributed by atoms with Gasteiger partial charge in [-0.05, 0) is 81.5 Å². The predicted octanol–water partition coefficient (Wildman–Crippen LogP) is 4.72. The van der Waals surface area contributed by atoms with Crippen molar-refractivity contribution >= 4 is 5.97 Å². The van der Waals surface area contributed by atoms with E-state index in [0.717, 1.165) is 12.0 Å². The van der Waals surface area contributed by atoms with Crippen LogP contribution in [0, 0.1) is 23.2 Å². The van der Waals surface area contributed by atoms with Crippen LogP contribution < -0.4 is 0 Å². The molecule has 6 atom stereocenters. The summed E-state index contributed by atoms with van der Waals surface area (Å²) in [6.07, 6.45) is 15.1. The Bertz CT molecular complexity index is 664. The minimum absolute atomic E-state index is 0.244. The first-order valence-corrected chi connectivity index (χ1v) is 11.4. The summed E-state index contributed by atoms with van der Waals surface area (Å²) in [6, 6.07) is 0. The van der Waals surface area contributed by atoms with Gasteiger partial charge in [0.25, 0.3) is 0 Å². The molecule has 2 N–H and O–H groups in total. The summed E-state index contributed by atoms with van der Waals surface area (Å²) >= 11 is 0. The second-order valence-electron chi connectivity index (χ2n) is 9.58. The minimum Gasteiger partial charge on any atom is -0.463 e. The summed E-state index contributed by atoms with van der Waals surface area (Å²) in [5.41, 5.74) is 2.97. The number of carbonyl (C=O) groups is 1. The smallest absolute Gasteiger partial charge is 0.330 e. The predicted molar refractivity (Wildman–Crippen MR) is 115 cm³/mol. The molecule has 0 amide bonds. The van der Waals surface area contributed by atoms with Gasteiger partial charge in [-0.2, -0.15) is 0 Å². The van der Waals surface area contributed by atoms with E-state index in [1.54, 1.807) is 6.08 Å². The second kappa shape index (κ2) is 9.61. The number of rotatable bonds is 5. The van der Waals surface area contributed by atoms with E-state index in [1.807, 2.05) is 13.0 Å². The second-order valence-corrected chi connectivity index (χ2v) is 9.58. The first-order chi connectivity index (χ1) is 13.8. The van der Waals surface area contributed by atoms with Crippen LogP contribution in [0.25, 0.3) is 0 Å². The maximum atomic E-state index is 11.7. The van der Waals surface area contributed by atoms with Crippen LogP contribution in [0.1, 0.15) is 72.1 Å². The summed E-state index contributed by atoms with van der Waals surface area (Å²) in [7, 11) is 0. The summed E-state index contributed by atoms with van der Waals surface area (Å²) < 4.78 is 5.03. The molecule has 3 aliphatic carbocycles. The summed E-state index contributed by atoms with van der Waals surface area (Å²) in [6.45, 7) is 6.92. The number of allylic oxidation sites excluding steroid dienone is 4. The molecule has 0 radical (unpaired) electrons. The van der Waals surface area contributed by atoms with Crippen molar-refractivity contribution < 1.29 is 19.7 Å². The van der Waals surface area contributed by atoms with Crippen molar-refractivity contribution in [2.45, 2.75) is 84.3 Å². The normalized spacial score (nSPS) is 37.6. The highest BCUT2D eigenvalue weighted by Gasteiger charge is 2.50. The van der Waals surface area contributed by atoms with Gasteiger partial charge in [-0.25, -0.2) is 4.79 Å². The number of aliphatic hydroxyl groups excluding tert-OH is 2. The Morgan fingerprint density at radius 2 is 1.97 bits per heavy atom. The van der Waals surface area contributed by atoms with E-state index >= 15 is 0 Å². The quantitative estimate of drug-likeness (QED) is 0.516. The van der Waals surface area contributed by atoms with Crippen molar-refractivity contribution in [1.29, 1.82) is 0 Å². The van der Waals surface area contributed by atoms with Crippen LogP contribution in [0.3, 0.4) is 0 Å². The molecule has 0 saturated heterocycles. The van der Waals surface area contributed by atoms with Crippen molar-refractivity contribution in [1.82, 2.24) is 0 Å². The molecule has 4 nitrogen and oxygen atoms in total. The Hall–Kier alpha value is -1.39. The third kappa shape index (κ3) is 5.21. The molecular formula is C25H38O4. The average Bonchev–Trinajstić information content (AvgIpc) is 3.01. The van der Waals surface area contributed by atoms with Crippen molar-refractivity contribution in [3.05, 3.63) is 35.5 Å². The van der Waals surface area contributed by atoms with E-state index in [-0.39, 0.29) is 11.4 Å². The molecule has 0 heterocycles. The standard InChI is InChI=1S/C25H38O4/c1-4-29-24(28)12-7-17(2)22-10-11-23-19(6-5-13-25(22,23)3)9-8-18-14-20(26)16-21(27)15-18/h7-9,12,17,20-23,26-27H,4-6,10-11,13-16H2,1-3H3/t17-,20-,21-,22-,23+,25-/m1/s1. The van der Waals surface area contributed by atoms with E-state index in [4.69, 9.17) is 4.74 Å². The Balaban J connectivity index is 1.72. The lowest BCUT2D eigenvalue weighted by Gasteiger charge is -2.44. The zero-order valence-corrected chi connectivity index (χ0v) is 18.3. The number of fused-ring (bicyclic) bond motifs is 1. The number of ether oxygens (including phenoxy) is 1. The summed E-state index contributed by atoms with van der Waals surface area (Å²) in [4.78, 5) is 11.7. The number of hydrogen-bond donors (Lipinski definition) is 2. The van der Waals surface area contributed by atoms with Crippen LogP contribution in [0.15, 0.2) is 35.5 Å². The average molecular weight is 403 g/mol. The van der Waals surface area contributed by atoms with E-state index in [9.17, 15) is 15.0 Å². The molecule has 3 saturated carbocycles. The molecule has 0 aliphatic heterocycles. The van der Waals surface area contributed by atoms with Gasteiger partial charge in [0.05, 0.1) is 18.8 Å². The van der Waals surface area contributed by atoms with Crippen LogP contribution in [0.5, 0.6) is 0 Å². The number of esters is 1. The molecular weight excluding hydrogens is 364 g/mol. The monoisotopic (exact) mass is 402 g/mol. The van der Waals surface area contributed by atoms with Gasteiger partial charge >= 0.3 is 5.97 Å². The van der Waals surface area contributed by atoms with Crippen molar-refractivity contribution in [3.8, 4) is 0 Å². The van der Waals surface area contributed by atoms with E-state index in [0.29, 0.717) is 43.6 Å². The lowest BCUT2D eigenvalue weighted by atomic mass is 9.61. The number of carbonyl (C=O) groups excluding carboxylic acids is 1. The van der Waals surface area contributed by atoms with Gasteiger partial charge in [0.15, 0.2) is 0 Å². The zero-order chi connectivity index (χ0) is 21.0. The fraction of sp³-hybridized carbons (Fsp3) is 0.720. The van der Waals surface area contributed by atoms with Gasteiger partial charge in [0.2, 0.25) is 0 Å². The Labute approximate surface area is 175 Å². The van der Waals surface area contributed by atoms with Gasteiger partial charge in [0, 0.05) is 6.08 Å². The summed E-state index contributed by atoms with van der Waals surface area (Å²) in [5, 5.41) is 19.9. The summed E-state index contributed by atoms with van der Waals surface area (Å²) in [5.74, 6) is 1.28. The molecule has 3 fully saturated rings. The van der Waals surface area contributed by atoms with E-state index < -0.39 is 12.2 Å². The maximum Gasteiger partial charge on any atom is 0.330 e. The molecule has 0 aromatic heterocycles. The highest BCUT2D eigenvalue weighted by Crippen LogP contribution is 2.59. The van der Waals surface area contributed by atoms with Gasteiger partial charge in [-0.1, -0.05) is 43.2 Å². The topological polar surface area (TPSA) is 66.8 Å². The highest BCUT2D eigenvalue weighted by molar-refractivity contribution is 5.81. The van der Waals surface area contributed by atoms with Crippen LogP contribution in [0.4, 0.5) is 0 Å². The Kier molecular flexibility index (Phi) is 7.39. The lowest BCUT2D eigenvalue weighted by Crippen LogP contribution is -2.35. The molecule has 162 valence electrons. The van der Waals surface area contributed by atoms with Crippen LogP contribution in [0.2, 0.25) is 0 Å². The molecule has 0 bridgehead atoms. The van der Waals surface area contributed by atoms with Gasteiger partial charge in [-0.15, -0.1) is 0 Å². The third-order valence-electron chi connectivity index (χ3n) is 7.57. The minimum atomic E-state index is -0.414. The van der Waals surface area contributed by atoms with Gasteiger partial charge < -0.3 is 14.9 Å². The molecule has 0 unspecified atom stereocenters. The van der Waals surface area contributed by atoms with Crippen molar-refractivity contribution in [2.24, 2.45) is 23.2 Å². The van der Waals surface area contributed by atoms with Crippen LogP contribution >= 0.6 is 0 Å². The maximum absolute atomic E-state index is 11.7. The highest BCUT2D eigenvalue weighted by atomic mass is 16.5. The zero-order valence-electron chi connectivity index (χ0n) is 18.3. The number of aliphatic hydroxyl groups is 2. The van der Waals surface area contributed by atoms with Gasteiger partial charge in [-0.3, -0.25) is 0 Å². The van der Waals surface area contributed by atoms with Crippen molar-refractivity contribution in [2.75, 3.05) is 6.61 Å². The Morgan fingerprint density at radius 1 is 1.24 bits per heavy atom. The molecule has 3 rings (SSSR count). The first kappa shape index (κ1) is 22.3. The lowest BCUT2D eigenvalue weighted by molar-refractivity contribution is -0.137. The molecule has 0 aromatic rings. The molecule has 0 aromatic carbocycles. The molecule has 3 aliphatic rings.